The number of sulfonamides is 1. The van der Waals surface area contributed by atoms with Crippen molar-refractivity contribution in [2.75, 3.05) is 6.61 Å². The fourth-order valence-electron chi connectivity index (χ4n) is 1.11. The van der Waals surface area contributed by atoms with Gasteiger partial charge in [0, 0.05) is 6.07 Å². The molecule has 88 valence electrons. The van der Waals surface area contributed by atoms with Crippen molar-refractivity contribution in [3.63, 3.8) is 0 Å². The first-order chi connectivity index (χ1) is 7.36. The number of ether oxygens (including phenoxy) is 1. The van der Waals surface area contributed by atoms with Crippen LogP contribution in [0.4, 0.5) is 5.69 Å². The molecular formula is C8H10N2O5S. The highest BCUT2D eigenvalue weighted by Gasteiger charge is 2.18. The molecule has 0 saturated heterocycles. The molecule has 0 heterocycles. The molecule has 0 aliphatic heterocycles. The van der Waals surface area contributed by atoms with Crippen molar-refractivity contribution >= 4 is 15.7 Å². The predicted molar refractivity (Wildman–Crippen MR) is 55.6 cm³/mol. The van der Waals surface area contributed by atoms with Crippen LogP contribution in [0.15, 0.2) is 23.1 Å². The summed E-state index contributed by atoms with van der Waals surface area (Å²) in [6.07, 6.45) is 0. The fourth-order valence-corrected chi connectivity index (χ4v) is 1.77. The van der Waals surface area contributed by atoms with Crippen LogP contribution in [0, 0.1) is 10.1 Å². The third-order valence-corrected chi connectivity index (χ3v) is 2.69. The smallest absolute Gasteiger partial charge is 0.273 e. The van der Waals surface area contributed by atoms with E-state index in [1.54, 1.807) is 6.92 Å². The Balaban J connectivity index is 3.36. The molecule has 0 bridgehead atoms. The van der Waals surface area contributed by atoms with E-state index >= 15 is 0 Å². The average molecular weight is 246 g/mol. The Labute approximate surface area is 92.0 Å². The third-order valence-electron chi connectivity index (χ3n) is 1.74. The zero-order valence-corrected chi connectivity index (χ0v) is 9.23. The van der Waals surface area contributed by atoms with Gasteiger partial charge in [0.25, 0.3) is 5.69 Å². The second kappa shape index (κ2) is 4.45. The standard InChI is InChI=1S/C8H10N2O5S/c1-2-15-7-5-6(10(11)12)3-4-8(7)16(9,13)14/h3-5H,2H2,1H3,(H2,9,13,14). The Morgan fingerprint density at radius 2 is 2.12 bits per heavy atom. The van der Waals surface area contributed by atoms with Gasteiger partial charge in [-0.1, -0.05) is 0 Å². The van der Waals surface area contributed by atoms with Gasteiger partial charge in [-0.25, -0.2) is 13.6 Å². The van der Waals surface area contributed by atoms with Crippen molar-refractivity contribution in [3.05, 3.63) is 28.3 Å². The van der Waals surface area contributed by atoms with E-state index in [0.717, 1.165) is 18.2 Å². The molecule has 0 aliphatic carbocycles. The highest BCUT2D eigenvalue weighted by atomic mass is 32.2. The van der Waals surface area contributed by atoms with Crippen LogP contribution in [0.3, 0.4) is 0 Å². The zero-order chi connectivity index (χ0) is 12.3. The van der Waals surface area contributed by atoms with Crippen molar-refractivity contribution in [1.82, 2.24) is 0 Å². The van der Waals surface area contributed by atoms with Crippen LogP contribution in [0.2, 0.25) is 0 Å². The first kappa shape index (κ1) is 12.4. The SMILES string of the molecule is CCOc1cc([N+](=O)[O-])ccc1S(N)(=O)=O. The molecule has 0 saturated carbocycles. The monoisotopic (exact) mass is 246 g/mol. The Morgan fingerprint density at radius 1 is 1.50 bits per heavy atom. The summed E-state index contributed by atoms with van der Waals surface area (Å²) in [5, 5.41) is 15.4. The summed E-state index contributed by atoms with van der Waals surface area (Å²) in [4.78, 5) is 9.58. The molecule has 0 unspecified atom stereocenters. The molecule has 0 fully saturated rings. The number of nitro groups is 1. The van der Waals surface area contributed by atoms with Crippen molar-refractivity contribution in [1.29, 1.82) is 0 Å². The van der Waals surface area contributed by atoms with Crippen molar-refractivity contribution in [2.24, 2.45) is 5.14 Å². The molecular weight excluding hydrogens is 236 g/mol. The van der Waals surface area contributed by atoms with Gasteiger partial charge in [0.05, 0.1) is 17.6 Å². The molecule has 0 aliphatic rings. The molecule has 2 N–H and O–H groups in total. The van der Waals surface area contributed by atoms with Crippen molar-refractivity contribution in [3.8, 4) is 5.75 Å². The quantitative estimate of drug-likeness (QED) is 0.618. The number of primary sulfonamides is 1. The van der Waals surface area contributed by atoms with Crippen molar-refractivity contribution < 1.29 is 18.1 Å². The second-order valence-corrected chi connectivity index (χ2v) is 4.40. The molecule has 0 amide bonds. The van der Waals surface area contributed by atoms with Crippen LogP contribution in [-0.4, -0.2) is 19.9 Å². The van der Waals surface area contributed by atoms with Crippen LogP contribution in [-0.2, 0) is 10.0 Å². The summed E-state index contributed by atoms with van der Waals surface area (Å²) in [7, 11) is -3.95. The lowest BCUT2D eigenvalue weighted by molar-refractivity contribution is -0.385. The second-order valence-electron chi connectivity index (χ2n) is 2.87. The topological polar surface area (TPSA) is 113 Å². The van der Waals surface area contributed by atoms with E-state index in [4.69, 9.17) is 9.88 Å². The summed E-state index contributed by atoms with van der Waals surface area (Å²) >= 11 is 0. The largest absolute Gasteiger partial charge is 0.492 e. The van der Waals surface area contributed by atoms with Crippen LogP contribution in [0.25, 0.3) is 0 Å². The highest BCUT2D eigenvalue weighted by molar-refractivity contribution is 7.89. The maximum absolute atomic E-state index is 11.1. The summed E-state index contributed by atoms with van der Waals surface area (Å²) in [6.45, 7) is 1.81. The zero-order valence-electron chi connectivity index (χ0n) is 8.41. The Morgan fingerprint density at radius 3 is 2.56 bits per heavy atom. The number of nitro benzene ring substituents is 1. The van der Waals surface area contributed by atoms with Crippen LogP contribution in [0.5, 0.6) is 5.75 Å². The van der Waals surface area contributed by atoms with Crippen molar-refractivity contribution in [2.45, 2.75) is 11.8 Å². The van der Waals surface area contributed by atoms with Gasteiger partial charge in [-0.3, -0.25) is 10.1 Å². The number of rotatable bonds is 4. The van der Waals surface area contributed by atoms with Gasteiger partial charge in [0.15, 0.2) is 0 Å². The molecule has 1 aromatic carbocycles. The Bertz CT molecular complexity index is 511. The van der Waals surface area contributed by atoms with Gasteiger partial charge in [0.1, 0.15) is 10.6 Å². The molecule has 8 heteroatoms. The van der Waals surface area contributed by atoms with E-state index in [9.17, 15) is 18.5 Å². The molecule has 0 aromatic heterocycles. The minimum Gasteiger partial charge on any atom is -0.492 e. The number of hydrogen-bond donors (Lipinski definition) is 1. The maximum atomic E-state index is 11.1. The molecule has 0 radical (unpaired) electrons. The molecule has 0 atom stereocenters. The lowest BCUT2D eigenvalue weighted by atomic mass is 10.3. The number of benzene rings is 1. The highest BCUT2D eigenvalue weighted by Crippen LogP contribution is 2.27. The average Bonchev–Trinajstić information content (AvgIpc) is 2.16. The first-order valence-corrected chi connectivity index (χ1v) is 5.85. The lowest BCUT2D eigenvalue weighted by Crippen LogP contribution is -2.14. The van der Waals surface area contributed by atoms with Gasteiger partial charge in [-0.2, -0.15) is 0 Å². The summed E-state index contributed by atoms with van der Waals surface area (Å²) in [5.74, 6) is -0.112. The first-order valence-electron chi connectivity index (χ1n) is 4.30. The van der Waals surface area contributed by atoms with Gasteiger partial charge >= 0.3 is 0 Å². The van der Waals surface area contributed by atoms with Gasteiger partial charge < -0.3 is 4.74 Å². The van der Waals surface area contributed by atoms with E-state index in [1.165, 1.54) is 0 Å². The minimum atomic E-state index is -3.95. The predicted octanol–water partition coefficient (Wildman–Crippen LogP) is 0.641. The minimum absolute atomic E-state index is 0.112. The molecule has 7 nitrogen and oxygen atoms in total. The van der Waals surface area contributed by atoms with E-state index in [2.05, 4.69) is 0 Å². The van der Waals surface area contributed by atoms with Gasteiger partial charge in [-0.15, -0.1) is 0 Å². The number of non-ortho nitro benzene ring substituents is 1. The van der Waals surface area contributed by atoms with Crippen LogP contribution in [0.1, 0.15) is 6.92 Å². The van der Waals surface area contributed by atoms with E-state index in [1.807, 2.05) is 0 Å². The molecule has 1 rings (SSSR count). The summed E-state index contributed by atoms with van der Waals surface area (Å²) in [5.41, 5.74) is -0.254. The summed E-state index contributed by atoms with van der Waals surface area (Å²) in [6, 6.07) is 3.14. The number of nitrogens with zero attached hydrogens (tertiary/aromatic N) is 1. The Hall–Kier alpha value is -1.67. The lowest BCUT2D eigenvalue weighted by Gasteiger charge is -2.07. The maximum Gasteiger partial charge on any atom is 0.273 e. The summed E-state index contributed by atoms with van der Waals surface area (Å²) < 4.78 is 27.3. The van der Waals surface area contributed by atoms with E-state index in [-0.39, 0.29) is 22.9 Å². The fraction of sp³-hybridized carbons (Fsp3) is 0.250. The van der Waals surface area contributed by atoms with Crippen LogP contribution < -0.4 is 9.88 Å². The molecule has 16 heavy (non-hydrogen) atoms. The number of hydrogen-bond acceptors (Lipinski definition) is 5. The normalized spacial score (nSPS) is 11.1. The molecule has 0 spiro atoms. The van der Waals surface area contributed by atoms with E-state index < -0.39 is 14.9 Å². The van der Waals surface area contributed by atoms with E-state index in [0.29, 0.717) is 0 Å². The van der Waals surface area contributed by atoms with Crippen LogP contribution >= 0.6 is 0 Å². The third kappa shape index (κ3) is 2.67. The van der Waals surface area contributed by atoms with Gasteiger partial charge in [-0.05, 0) is 13.0 Å². The molecule has 1 aromatic rings. The number of nitrogens with two attached hydrogens (primary N) is 1. The van der Waals surface area contributed by atoms with Gasteiger partial charge in [0.2, 0.25) is 10.0 Å². The Kier molecular flexibility index (Phi) is 3.45.